The molecule has 1 aliphatic carbocycles. The van der Waals surface area contributed by atoms with Crippen LogP contribution in [0.1, 0.15) is 32.1 Å². The van der Waals surface area contributed by atoms with E-state index in [0.29, 0.717) is 0 Å². The molecule has 2 aliphatic rings. The highest BCUT2D eigenvalue weighted by Crippen LogP contribution is 2.24. The van der Waals surface area contributed by atoms with Crippen molar-refractivity contribution in [2.75, 3.05) is 46.4 Å². The number of piperazine rings is 1. The molecule has 1 saturated heterocycles. The third kappa shape index (κ3) is 4.33. The molecule has 6 heteroatoms. The summed E-state index contributed by atoms with van der Waals surface area (Å²) in [6.45, 7) is 5.80. The van der Waals surface area contributed by atoms with Gasteiger partial charge in [-0.05, 0) is 19.3 Å². The van der Waals surface area contributed by atoms with Gasteiger partial charge in [-0.1, -0.05) is 12.8 Å². The predicted molar refractivity (Wildman–Crippen MR) is 81.5 cm³/mol. The van der Waals surface area contributed by atoms with Gasteiger partial charge in [0.05, 0.1) is 0 Å². The summed E-state index contributed by atoms with van der Waals surface area (Å²) in [4.78, 5) is 9.44. The Labute approximate surface area is 122 Å². The minimum Gasteiger partial charge on any atom is -0.385 e. The van der Waals surface area contributed by atoms with E-state index in [2.05, 4.69) is 20.2 Å². The number of nitrogens with one attached hydrogen (secondary N) is 1. The number of aliphatic imine (C=N–C) groups is 1. The molecule has 1 heterocycles. The molecular weight excluding hydrogens is 254 g/mol. The molecule has 6 nitrogen and oxygen atoms in total. The number of nitrogens with two attached hydrogens (primary N) is 1. The van der Waals surface area contributed by atoms with Crippen LogP contribution in [0.2, 0.25) is 0 Å². The number of methoxy groups -OCH3 is 1. The fourth-order valence-electron chi connectivity index (χ4n) is 3.20. The van der Waals surface area contributed by atoms with E-state index in [1.54, 1.807) is 7.11 Å². The summed E-state index contributed by atoms with van der Waals surface area (Å²) in [7, 11) is 1.72. The second-order valence-electron chi connectivity index (χ2n) is 5.66. The van der Waals surface area contributed by atoms with E-state index in [0.717, 1.165) is 57.8 Å². The number of ether oxygens (including phenoxy) is 1. The lowest BCUT2D eigenvalue weighted by Crippen LogP contribution is -2.55. The van der Waals surface area contributed by atoms with Gasteiger partial charge in [-0.25, -0.2) is 5.84 Å². The van der Waals surface area contributed by atoms with Gasteiger partial charge >= 0.3 is 0 Å². The number of nitrogens with zero attached hydrogens (tertiary/aromatic N) is 3. The predicted octanol–water partition coefficient (Wildman–Crippen LogP) is 0.402. The van der Waals surface area contributed by atoms with Crippen molar-refractivity contribution in [1.82, 2.24) is 15.2 Å². The Morgan fingerprint density at radius 1 is 1.25 bits per heavy atom. The number of hydrogen-bond acceptors (Lipinski definition) is 4. The van der Waals surface area contributed by atoms with Gasteiger partial charge in [-0.2, -0.15) is 0 Å². The summed E-state index contributed by atoms with van der Waals surface area (Å²) in [6.07, 6.45) is 6.51. The lowest BCUT2D eigenvalue weighted by Gasteiger charge is -2.39. The Balaban J connectivity index is 1.75. The molecule has 0 unspecified atom stereocenters. The largest absolute Gasteiger partial charge is 0.385 e. The average Bonchev–Trinajstić information content (AvgIpc) is 3.02. The SMILES string of the molecule is COCCCN=C(NN)N1CCN(C2CCCC2)CC1. The molecule has 2 fully saturated rings. The minimum absolute atomic E-state index is 0.747. The fourth-order valence-corrected chi connectivity index (χ4v) is 3.20. The van der Waals surface area contributed by atoms with E-state index in [-0.39, 0.29) is 0 Å². The summed E-state index contributed by atoms with van der Waals surface area (Å²) in [5.74, 6) is 6.43. The monoisotopic (exact) mass is 283 g/mol. The first-order valence-corrected chi connectivity index (χ1v) is 7.84. The molecule has 1 aliphatic heterocycles. The summed E-state index contributed by atoms with van der Waals surface area (Å²) in [5.41, 5.74) is 2.75. The van der Waals surface area contributed by atoms with Gasteiger partial charge in [0.1, 0.15) is 0 Å². The zero-order valence-electron chi connectivity index (χ0n) is 12.7. The Kier molecular flexibility index (Phi) is 6.56. The second-order valence-corrected chi connectivity index (χ2v) is 5.66. The normalized spacial score (nSPS) is 22.5. The van der Waals surface area contributed by atoms with Crippen molar-refractivity contribution in [3.8, 4) is 0 Å². The zero-order chi connectivity index (χ0) is 14.2. The highest BCUT2D eigenvalue weighted by atomic mass is 16.5. The van der Waals surface area contributed by atoms with E-state index < -0.39 is 0 Å². The molecule has 0 aromatic rings. The van der Waals surface area contributed by atoms with E-state index in [1.807, 2.05) is 0 Å². The molecular formula is C14H29N5O. The quantitative estimate of drug-likeness (QED) is 0.251. The molecule has 1 saturated carbocycles. The molecule has 3 N–H and O–H groups in total. The van der Waals surface area contributed by atoms with Crippen LogP contribution in [0.15, 0.2) is 4.99 Å². The van der Waals surface area contributed by atoms with Gasteiger partial charge in [0.2, 0.25) is 5.96 Å². The Morgan fingerprint density at radius 3 is 2.55 bits per heavy atom. The highest BCUT2D eigenvalue weighted by molar-refractivity contribution is 5.79. The first-order chi connectivity index (χ1) is 9.85. The van der Waals surface area contributed by atoms with Gasteiger partial charge in [-0.15, -0.1) is 0 Å². The maximum absolute atomic E-state index is 5.61. The van der Waals surface area contributed by atoms with Crippen molar-refractivity contribution >= 4 is 5.96 Å². The van der Waals surface area contributed by atoms with E-state index >= 15 is 0 Å². The summed E-state index contributed by atoms with van der Waals surface area (Å²) in [6, 6.07) is 0.824. The Morgan fingerprint density at radius 2 is 1.95 bits per heavy atom. The smallest absolute Gasteiger partial charge is 0.208 e. The van der Waals surface area contributed by atoms with Crippen molar-refractivity contribution in [2.24, 2.45) is 10.8 Å². The number of hydrazine groups is 1. The third-order valence-corrected chi connectivity index (χ3v) is 4.35. The molecule has 0 aromatic heterocycles. The van der Waals surface area contributed by atoms with Crippen molar-refractivity contribution in [3.05, 3.63) is 0 Å². The Hall–Kier alpha value is -0.850. The molecule has 0 spiro atoms. The first-order valence-electron chi connectivity index (χ1n) is 7.84. The molecule has 2 rings (SSSR count). The van der Waals surface area contributed by atoms with E-state index in [4.69, 9.17) is 10.6 Å². The van der Waals surface area contributed by atoms with E-state index in [9.17, 15) is 0 Å². The minimum atomic E-state index is 0.747. The van der Waals surface area contributed by atoms with Crippen LogP contribution in [0.25, 0.3) is 0 Å². The molecule has 0 atom stereocenters. The Bertz CT molecular complexity index is 296. The van der Waals surface area contributed by atoms with E-state index in [1.165, 1.54) is 25.7 Å². The average molecular weight is 283 g/mol. The second kappa shape index (κ2) is 8.44. The van der Waals surface area contributed by atoms with Gasteiger partial charge in [0.15, 0.2) is 0 Å². The summed E-state index contributed by atoms with van der Waals surface area (Å²) in [5, 5.41) is 0. The number of rotatable bonds is 5. The molecule has 0 aromatic carbocycles. The van der Waals surface area contributed by atoms with Gasteiger partial charge < -0.3 is 9.64 Å². The molecule has 0 bridgehead atoms. The lowest BCUT2D eigenvalue weighted by atomic mass is 10.2. The number of guanidine groups is 1. The number of hydrogen-bond donors (Lipinski definition) is 2. The van der Waals surface area contributed by atoms with Crippen LogP contribution in [0.5, 0.6) is 0 Å². The highest BCUT2D eigenvalue weighted by Gasteiger charge is 2.26. The maximum atomic E-state index is 5.61. The van der Waals surface area contributed by atoms with Crippen LogP contribution in [0, 0.1) is 0 Å². The lowest BCUT2D eigenvalue weighted by molar-refractivity contribution is 0.132. The van der Waals surface area contributed by atoms with Crippen LogP contribution in [-0.4, -0.2) is 68.2 Å². The van der Waals surface area contributed by atoms with Crippen molar-refractivity contribution < 1.29 is 4.74 Å². The van der Waals surface area contributed by atoms with Crippen LogP contribution >= 0.6 is 0 Å². The third-order valence-electron chi connectivity index (χ3n) is 4.35. The standard InChI is InChI=1S/C14H29N5O/c1-20-12-4-7-16-14(17-15)19-10-8-18(9-11-19)13-5-2-3-6-13/h13H,2-12,15H2,1H3,(H,16,17). The van der Waals surface area contributed by atoms with Crippen LogP contribution in [0.4, 0.5) is 0 Å². The van der Waals surface area contributed by atoms with Gasteiger partial charge in [0.25, 0.3) is 0 Å². The van der Waals surface area contributed by atoms with Crippen LogP contribution in [0.3, 0.4) is 0 Å². The topological polar surface area (TPSA) is 66.1 Å². The molecule has 20 heavy (non-hydrogen) atoms. The zero-order valence-corrected chi connectivity index (χ0v) is 12.7. The maximum Gasteiger partial charge on any atom is 0.208 e. The van der Waals surface area contributed by atoms with Gasteiger partial charge in [0, 0.05) is 52.5 Å². The van der Waals surface area contributed by atoms with Crippen LogP contribution in [-0.2, 0) is 4.74 Å². The fraction of sp³-hybridized carbons (Fsp3) is 0.929. The van der Waals surface area contributed by atoms with Crippen LogP contribution < -0.4 is 11.3 Å². The van der Waals surface area contributed by atoms with Crippen molar-refractivity contribution in [1.29, 1.82) is 0 Å². The molecule has 0 radical (unpaired) electrons. The molecule has 116 valence electrons. The summed E-state index contributed by atoms with van der Waals surface area (Å²) >= 11 is 0. The molecule has 0 amide bonds. The first kappa shape index (κ1) is 15.5. The van der Waals surface area contributed by atoms with Crippen molar-refractivity contribution in [2.45, 2.75) is 38.1 Å². The van der Waals surface area contributed by atoms with Crippen molar-refractivity contribution in [3.63, 3.8) is 0 Å². The van der Waals surface area contributed by atoms with Gasteiger partial charge in [-0.3, -0.25) is 15.3 Å². The summed E-state index contributed by atoms with van der Waals surface area (Å²) < 4.78 is 5.03.